The molecular formula is C17H13Cl2N3O2S. The number of anilines is 1. The first kappa shape index (κ1) is 17.8. The van der Waals surface area contributed by atoms with E-state index in [1.807, 2.05) is 6.07 Å². The van der Waals surface area contributed by atoms with Gasteiger partial charge in [-0.1, -0.05) is 41.0 Å². The SMILES string of the molecule is CC(Sc1nnc(-c2cccc(Cl)c2)o1)C(=O)Nc1ccc(Cl)cc1. The molecule has 8 heteroatoms. The molecule has 1 unspecified atom stereocenters. The Hall–Kier alpha value is -2.02. The molecule has 0 aliphatic carbocycles. The van der Waals surface area contributed by atoms with Gasteiger partial charge in [-0.15, -0.1) is 10.2 Å². The number of halogens is 2. The number of aromatic nitrogens is 2. The van der Waals surface area contributed by atoms with E-state index in [1.54, 1.807) is 49.4 Å². The number of carbonyl (C=O) groups is 1. The third-order valence-electron chi connectivity index (χ3n) is 3.24. The minimum atomic E-state index is -0.414. The van der Waals surface area contributed by atoms with Crippen LogP contribution in [0.2, 0.25) is 10.0 Å². The smallest absolute Gasteiger partial charge is 0.277 e. The van der Waals surface area contributed by atoms with Gasteiger partial charge in [0.15, 0.2) is 0 Å². The molecule has 0 bridgehead atoms. The zero-order valence-corrected chi connectivity index (χ0v) is 15.4. The normalized spacial score (nSPS) is 12.0. The summed E-state index contributed by atoms with van der Waals surface area (Å²) in [5.41, 5.74) is 1.40. The summed E-state index contributed by atoms with van der Waals surface area (Å²) in [4.78, 5) is 12.3. The lowest BCUT2D eigenvalue weighted by molar-refractivity contribution is -0.115. The van der Waals surface area contributed by atoms with Gasteiger partial charge >= 0.3 is 0 Å². The molecule has 5 nitrogen and oxygen atoms in total. The zero-order chi connectivity index (χ0) is 17.8. The van der Waals surface area contributed by atoms with Crippen molar-refractivity contribution in [3.63, 3.8) is 0 Å². The Bertz CT molecular complexity index is 884. The zero-order valence-electron chi connectivity index (χ0n) is 13.1. The highest BCUT2D eigenvalue weighted by Gasteiger charge is 2.19. The van der Waals surface area contributed by atoms with Crippen molar-refractivity contribution in [2.24, 2.45) is 0 Å². The summed E-state index contributed by atoms with van der Waals surface area (Å²) in [5.74, 6) is 0.185. The molecular weight excluding hydrogens is 381 g/mol. The van der Waals surface area contributed by atoms with Crippen LogP contribution in [0.1, 0.15) is 6.92 Å². The molecule has 3 aromatic rings. The molecule has 1 heterocycles. The molecule has 2 aromatic carbocycles. The summed E-state index contributed by atoms with van der Waals surface area (Å²) in [5, 5.41) is 11.9. The van der Waals surface area contributed by atoms with Crippen LogP contribution in [0.15, 0.2) is 58.2 Å². The van der Waals surface area contributed by atoms with Crippen molar-refractivity contribution in [1.82, 2.24) is 10.2 Å². The second-order valence-electron chi connectivity index (χ2n) is 5.14. The van der Waals surface area contributed by atoms with Gasteiger partial charge in [-0.3, -0.25) is 4.79 Å². The van der Waals surface area contributed by atoms with Crippen molar-refractivity contribution >= 4 is 46.6 Å². The van der Waals surface area contributed by atoms with Crippen LogP contribution in [0.3, 0.4) is 0 Å². The highest BCUT2D eigenvalue weighted by molar-refractivity contribution is 8.00. The lowest BCUT2D eigenvalue weighted by Gasteiger charge is -2.09. The van der Waals surface area contributed by atoms with Crippen molar-refractivity contribution in [1.29, 1.82) is 0 Å². The van der Waals surface area contributed by atoms with Crippen molar-refractivity contribution in [2.45, 2.75) is 17.4 Å². The van der Waals surface area contributed by atoms with Gasteiger partial charge in [0.1, 0.15) is 0 Å². The highest BCUT2D eigenvalue weighted by atomic mass is 35.5. The second-order valence-corrected chi connectivity index (χ2v) is 7.30. The lowest BCUT2D eigenvalue weighted by atomic mass is 10.2. The molecule has 0 saturated heterocycles. The van der Waals surface area contributed by atoms with Gasteiger partial charge in [0.25, 0.3) is 5.22 Å². The third-order valence-corrected chi connectivity index (χ3v) is 4.66. The maximum absolute atomic E-state index is 12.3. The van der Waals surface area contributed by atoms with Gasteiger partial charge in [-0.05, 0) is 49.4 Å². The Labute approximate surface area is 158 Å². The van der Waals surface area contributed by atoms with Crippen LogP contribution < -0.4 is 5.32 Å². The molecule has 128 valence electrons. The van der Waals surface area contributed by atoms with E-state index in [4.69, 9.17) is 27.6 Å². The number of amides is 1. The standard InChI is InChI=1S/C17H13Cl2N3O2S/c1-10(15(23)20-14-7-5-12(18)6-8-14)25-17-22-21-16(24-17)11-3-2-4-13(19)9-11/h2-10H,1H3,(H,20,23). The van der Waals surface area contributed by atoms with E-state index in [2.05, 4.69) is 15.5 Å². The molecule has 0 fully saturated rings. The van der Waals surface area contributed by atoms with Gasteiger partial charge in [-0.25, -0.2) is 0 Å². The molecule has 1 N–H and O–H groups in total. The summed E-state index contributed by atoms with van der Waals surface area (Å²) >= 11 is 13.0. The first-order valence-electron chi connectivity index (χ1n) is 7.34. The third kappa shape index (κ3) is 4.75. The summed E-state index contributed by atoms with van der Waals surface area (Å²) in [6.07, 6.45) is 0. The Morgan fingerprint density at radius 2 is 1.88 bits per heavy atom. The van der Waals surface area contributed by atoms with Crippen LogP contribution in [-0.4, -0.2) is 21.4 Å². The summed E-state index contributed by atoms with van der Waals surface area (Å²) in [7, 11) is 0. The fourth-order valence-electron chi connectivity index (χ4n) is 1.98. The van der Waals surface area contributed by atoms with Crippen LogP contribution in [0, 0.1) is 0 Å². The predicted molar refractivity (Wildman–Crippen MR) is 100 cm³/mol. The highest BCUT2D eigenvalue weighted by Crippen LogP contribution is 2.28. The number of benzene rings is 2. The van der Waals surface area contributed by atoms with Crippen LogP contribution in [0.25, 0.3) is 11.5 Å². The number of carbonyl (C=O) groups excluding carboxylic acids is 1. The molecule has 1 atom stereocenters. The molecule has 0 aliphatic heterocycles. The van der Waals surface area contributed by atoms with E-state index in [9.17, 15) is 4.79 Å². The van der Waals surface area contributed by atoms with Crippen molar-refractivity contribution < 1.29 is 9.21 Å². The van der Waals surface area contributed by atoms with E-state index in [0.717, 1.165) is 5.56 Å². The molecule has 0 saturated carbocycles. The van der Waals surface area contributed by atoms with Gasteiger partial charge in [0.2, 0.25) is 11.8 Å². The maximum atomic E-state index is 12.3. The second kappa shape index (κ2) is 7.91. The maximum Gasteiger partial charge on any atom is 0.277 e. The Morgan fingerprint density at radius 1 is 1.12 bits per heavy atom. The summed E-state index contributed by atoms with van der Waals surface area (Å²) < 4.78 is 5.60. The van der Waals surface area contributed by atoms with E-state index >= 15 is 0 Å². The first-order chi connectivity index (χ1) is 12.0. The van der Waals surface area contributed by atoms with Crippen molar-refractivity contribution in [2.75, 3.05) is 5.32 Å². The largest absolute Gasteiger partial charge is 0.411 e. The number of hydrogen-bond donors (Lipinski definition) is 1. The molecule has 0 spiro atoms. The Morgan fingerprint density at radius 3 is 2.60 bits per heavy atom. The first-order valence-corrected chi connectivity index (χ1v) is 8.97. The number of thioether (sulfide) groups is 1. The van der Waals surface area contributed by atoms with E-state index in [-0.39, 0.29) is 5.91 Å². The van der Waals surface area contributed by atoms with E-state index in [1.165, 1.54) is 11.8 Å². The Kier molecular flexibility index (Phi) is 5.63. The quantitative estimate of drug-likeness (QED) is 0.606. The van der Waals surface area contributed by atoms with Crippen molar-refractivity contribution in [3.05, 3.63) is 58.6 Å². The predicted octanol–water partition coefficient (Wildman–Crippen LogP) is 5.16. The fourth-order valence-corrected chi connectivity index (χ4v) is 2.98. The molecule has 0 radical (unpaired) electrons. The average Bonchev–Trinajstić information content (AvgIpc) is 3.05. The van der Waals surface area contributed by atoms with Crippen LogP contribution in [-0.2, 0) is 4.79 Å². The molecule has 1 amide bonds. The van der Waals surface area contributed by atoms with Gasteiger partial charge in [0.05, 0.1) is 5.25 Å². The Balaban J connectivity index is 1.64. The molecule has 25 heavy (non-hydrogen) atoms. The lowest BCUT2D eigenvalue weighted by Crippen LogP contribution is -2.22. The average molecular weight is 394 g/mol. The van der Waals surface area contributed by atoms with Crippen LogP contribution >= 0.6 is 35.0 Å². The molecule has 0 aliphatic rings. The fraction of sp³-hybridized carbons (Fsp3) is 0.118. The molecule has 3 rings (SSSR count). The summed E-state index contributed by atoms with van der Waals surface area (Å²) in [6, 6.07) is 14.0. The van der Waals surface area contributed by atoms with Gasteiger partial charge in [0, 0.05) is 21.3 Å². The minimum absolute atomic E-state index is 0.171. The van der Waals surface area contributed by atoms with E-state index in [0.29, 0.717) is 26.8 Å². The molecule has 1 aromatic heterocycles. The minimum Gasteiger partial charge on any atom is -0.411 e. The van der Waals surface area contributed by atoms with Crippen molar-refractivity contribution in [3.8, 4) is 11.5 Å². The van der Waals surface area contributed by atoms with Crippen LogP contribution in [0.4, 0.5) is 5.69 Å². The number of nitrogens with one attached hydrogen (secondary N) is 1. The van der Waals surface area contributed by atoms with Gasteiger partial charge < -0.3 is 9.73 Å². The number of hydrogen-bond acceptors (Lipinski definition) is 5. The van der Waals surface area contributed by atoms with Crippen LogP contribution in [0.5, 0.6) is 0 Å². The number of nitrogens with zero attached hydrogens (tertiary/aromatic N) is 2. The summed E-state index contributed by atoms with van der Waals surface area (Å²) in [6.45, 7) is 1.76. The monoisotopic (exact) mass is 393 g/mol. The van der Waals surface area contributed by atoms with E-state index < -0.39 is 5.25 Å². The topological polar surface area (TPSA) is 68.0 Å². The number of rotatable bonds is 5. The van der Waals surface area contributed by atoms with Gasteiger partial charge in [-0.2, -0.15) is 0 Å².